The van der Waals surface area contributed by atoms with Gasteiger partial charge in [0.25, 0.3) is 0 Å². The summed E-state index contributed by atoms with van der Waals surface area (Å²) in [7, 11) is 0. The molecule has 6 aromatic heterocycles. The maximum Gasteiger partial charge on any atom is 0.226 e. The number of anilines is 1. The fraction of sp³-hybridized carbons (Fsp3) is 0.143. The van der Waals surface area contributed by atoms with Crippen molar-refractivity contribution in [3.8, 4) is 33.1 Å². The molecule has 188 valence electrons. The predicted octanol–water partition coefficient (Wildman–Crippen LogP) is 6.09. The van der Waals surface area contributed by atoms with Gasteiger partial charge in [-0.3, -0.25) is 29.6 Å². The fourth-order valence-electron chi connectivity index (χ4n) is 4.26. The number of H-pyrrole nitrogens is 2. The van der Waals surface area contributed by atoms with Crippen LogP contribution in [0.25, 0.3) is 54.9 Å². The van der Waals surface area contributed by atoms with Crippen LogP contribution in [0.1, 0.15) is 30.4 Å². The summed E-state index contributed by atoms with van der Waals surface area (Å²) in [4.78, 5) is 42.4. The van der Waals surface area contributed by atoms with Crippen LogP contribution in [0.3, 0.4) is 0 Å². The van der Waals surface area contributed by atoms with Gasteiger partial charge >= 0.3 is 0 Å². The van der Waals surface area contributed by atoms with Gasteiger partial charge in [-0.05, 0) is 37.3 Å². The smallest absolute Gasteiger partial charge is 0.226 e. The minimum absolute atomic E-state index is 0.0478. The van der Waals surface area contributed by atoms with Crippen LogP contribution in [-0.2, 0) is 4.79 Å². The van der Waals surface area contributed by atoms with Crippen LogP contribution in [0.5, 0.6) is 0 Å². The summed E-state index contributed by atoms with van der Waals surface area (Å²) in [5.41, 5.74) is 6.31. The zero-order valence-corrected chi connectivity index (χ0v) is 21.7. The van der Waals surface area contributed by atoms with E-state index in [4.69, 9.17) is 0 Å². The zero-order chi connectivity index (χ0) is 26.4. The molecule has 6 heterocycles. The molecule has 0 saturated heterocycles. The number of pyridine rings is 3. The summed E-state index contributed by atoms with van der Waals surface area (Å²) in [6.45, 7) is 5.26. The van der Waals surface area contributed by atoms with Crippen LogP contribution in [0.15, 0.2) is 61.3 Å². The van der Waals surface area contributed by atoms with E-state index in [1.54, 1.807) is 31.7 Å². The Hall–Kier alpha value is -4.70. The summed E-state index contributed by atoms with van der Waals surface area (Å²) in [5, 5.41) is 12.4. The molecule has 0 aliphatic carbocycles. The van der Waals surface area contributed by atoms with Gasteiger partial charge in [-0.25, -0.2) is 0 Å². The van der Waals surface area contributed by atoms with Crippen molar-refractivity contribution in [2.24, 2.45) is 5.92 Å². The first kappa shape index (κ1) is 23.7. The van der Waals surface area contributed by atoms with E-state index in [0.717, 1.165) is 49.2 Å². The molecular weight excluding hydrogens is 498 g/mol. The van der Waals surface area contributed by atoms with Crippen LogP contribution in [-0.4, -0.2) is 41.8 Å². The van der Waals surface area contributed by atoms with E-state index in [1.807, 2.05) is 44.3 Å². The Morgan fingerprint density at radius 1 is 0.947 bits per heavy atom. The molecule has 9 nitrogen and oxygen atoms in total. The minimum Gasteiger partial charge on any atom is -0.352 e. The predicted molar refractivity (Wildman–Crippen MR) is 149 cm³/mol. The van der Waals surface area contributed by atoms with Gasteiger partial charge in [-0.1, -0.05) is 13.8 Å². The number of rotatable bonds is 6. The fourth-order valence-corrected chi connectivity index (χ4v) is 5.19. The quantitative estimate of drug-likeness (QED) is 0.228. The first-order chi connectivity index (χ1) is 18.4. The van der Waals surface area contributed by atoms with Crippen LogP contribution in [0, 0.1) is 5.92 Å². The number of fused-ring (bicyclic) bond motifs is 2. The highest BCUT2D eigenvalue weighted by Gasteiger charge is 2.17. The third kappa shape index (κ3) is 4.24. The third-order valence-corrected chi connectivity index (χ3v) is 7.51. The molecular formula is C28H23N7O2S. The monoisotopic (exact) mass is 521 g/mol. The lowest BCUT2D eigenvalue weighted by molar-refractivity contribution is -0.118. The molecule has 0 saturated carbocycles. The van der Waals surface area contributed by atoms with Crippen molar-refractivity contribution in [1.29, 1.82) is 0 Å². The maximum atomic E-state index is 12.1. The largest absolute Gasteiger partial charge is 0.352 e. The van der Waals surface area contributed by atoms with Gasteiger partial charge in [0.15, 0.2) is 5.78 Å². The zero-order valence-electron chi connectivity index (χ0n) is 20.9. The third-order valence-electron chi connectivity index (χ3n) is 6.29. The van der Waals surface area contributed by atoms with Crippen molar-refractivity contribution in [2.75, 3.05) is 5.32 Å². The van der Waals surface area contributed by atoms with Crippen molar-refractivity contribution in [1.82, 2.24) is 30.1 Å². The number of ketones is 1. The average Bonchev–Trinajstić information content (AvgIpc) is 3.66. The van der Waals surface area contributed by atoms with Gasteiger partial charge in [0, 0.05) is 45.1 Å². The second-order valence-electron chi connectivity index (χ2n) is 9.34. The highest BCUT2D eigenvalue weighted by molar-refractivity contribution is 7.17. The van der Waals surface area contributed by atoms with Gasteiger partial charge in [-0.2, -0.15) is 5.10 Å². The highest BCUT2D eigenvalue weighted by Crippen LogP contribution is 2.37. The first-order valence-corrected chi connectivity index (χ1v) is 12.9. The molecule has 0 radical (unpaired) electrons. The highest BCUT2D eigenvalue weighted by atomic mass is 32.1. The van der Waals surface area contributed by atoms with E-state index >= 15 is 0 Å². The van der Waals surface area contributed by atoms with Gasteiger partial charge in [-0.15, -0.1) is 11.3 Å². The normalized spacial score (nSPS) is 11.5. The van der Waals surface area contributed by atoms with Gasteiger partial charge in [0.1, 0.15) is 5.69 Å². The minimum atomic E-state index is -0.135. The van der Waals surface area contributed by atoms with Crippen molar-refractivity contribution < 1.29 is 9.59 Å². The van der Waals surface area contributed by atoms with Crippen LogP contribution < -0.4 is 5.32 Å². The Bertz CT molecular complexity index is 1850. The Balaban J connectivity index is 1.40. The summed E-state index contributed by atoms with van der Waals surface area (Å²) in [5.74, 6) is -0.159. The molecule has 6 aromatic rings. The topological polar surface area (TPSA) is 129 Å². The molecule has 0 fully saturated rings. The molecule has 38 heavy (non-hydrogen) atoms. The Labute approximate surface area is 221 Å². The number of carbonyl (C=O) groups excluding carboxylic acids is 2. The van der Waals surface area contributed by atoms with Gasteiger partial charge in [0.05, 0.1) is 51.6 Å². The Kier molecular flexibility index (Phi) is 5.80. The van der Waals surface area contributed by atoms with Crippen molar-refractivity contribution in [3.05, 3.63) is 66.2 Å². The molecule has 0 bridgehead atoms. The lowest BCUT2D eigenvalue weighted by Crippen LogP contribution is -2.17. The molecule has 0 spiro atoms. The summed E-state index contributed by atoms with van der Waals surface area (Å²) in [6, 6.07) is 9.68. The first-order valence-electron chi connectivity index (χ1n) is 12.1. The molecule has 0 aliphatic heterocycles. The second-order valence-corrected chi connectivity index (χ2v) is 10.4. The number of aromatic nitrogens is 6. The maximum absolute atomic E-state index is 12.1. The SMILES string of the molecule is CC(=O)c1ccc(-c2cncc3[nH]c(-c4n[nH]c5cnc(-c6cncc(NC(=O)C(C)C)c6)cc45)cc23)s1. The van der Waals surface area contributed by atoms with Crippen molar-refractivity contribution in [3.63, 3.8) is 0 Å². The molecule has 3 N–H and O–H groups in total. The van der Waals surface area contributed by atoms with E-state index in [-0.39, 0.29) is 17.6 Å². The molecule has 0 aromatic carbocycles. The number of hydrogen-bond acceptors (Lipinski definition) is 7. The van der Waals surface area contributed by atoms with Gasteiger partial charge < -0.3 is 10.3 Å². The van der Waals surface area contributed by atoms with Crippen LogP contribution >= 0.6 is 11.3 Å². The van der Waals surface area contributed by atoms with E-state index in [9.17, 15) is 9.59 Å². The number of carbonyl (C=O) groups is 2. The number of Topliss-reactive ketones (excluding diaryl/α,β-unsaturated/α-hetero) is 1. The van der Waals surface area contributed by atoms with E-state index in [2.05, 4.69) is 41.5 Å². The Morgan fingerprint density at radius 2 is 1.79 bits per heavy atom. The average molecular weight is 522 g/mol. The number of hydrogen-bond donors (Lipinski definition) is 3. The summed E-state index contributed by atoms with van der Waals surface area (Å²) >= 11 is 1.46. The number of nitrogens with one attached hydrogen (secondary N) is 3. The lowest BCUT2D eigenvalue weighted by atomic mass is 10.1. The molecule has 0 atom stereocenters. The number of aromatic amines is 2. The number of amides is 1. The summed E-state index contributed by atoms with van der Waals surface area (Å²) in [6.07, 6.45) is 8.68. The summed E-state index contributed by atoms with van der Waals surface area (Å²) < 4.78 is 0. The molecule has 0 unspecified atom stereocenters. The van der Waals surface area contributed by atoms with E-state index in [1.165, 1.54) is 11.3 Å². The number of nitrogens with zero attached hydrogens (tertiary/aromatic N) is 4. The van der Waals surface area contributed by atoms with E-state index in [0.29, 0.717) is 16.3 Å². The molecule has 10 heteroatoms. The van der Waals surface area contributed by atoms with Gasteiger partial charge in [0.2, 0.25) is 5.91 Å². The standard InChI is InChI=1S/C28H23N7O2S/c1-14(2)28(37)32-17-6-16(9-29-10-17)21-8-19-24(13-31-21)34-35-27(19)22-7-18-20(11-30-12-23(18)33-22)26-5-4-25(38-26)15(3)36/h4-14,33H,1-3H3,(H,32,37)(H,34,35). The number of thiophene rings is 1. The molecule has 6 rings (SSSR count). The lowest BCUT2D eigenvalue weighted by Gasteiger charge is -2.08. The van der Waals surface area contributed by atoms with Crippen molar-refractivity contribution >= 4 is 50.5 Å². The Morgan fingerprint density at radius 3 is 2.58 bits per heavy atom. The molecule has 0 aliphatic rings. The molecule has 1 amide bonds. The van der Waals surface area contributed by atoms with Crippen LogP contribution in [0.4, 0.5) is 5.69 Å². The van der Waals surface area contributed by atoms with Crippen LogP contribution in [0.2, 0.25) is 0 Å². The second kappa shape index (κ2) is 9.31. The van der Waals surface area contributed by atoms with Crippen molar-refractivity contribution in [2.45, 2.75) is 20.8 Å². The van der Waals surface area contributed by atoms with E-state index < -0.39 is 0 Å².